The Bertz CT molecular complexity index is 868. The Hall–Kier alpha value is -2.06. The first-order chi connectivity index (χ1) is 12.6. The first-order valence-electron chi connectivity index (χ1n) is 7.89. The van der Waals surface area contributed by atoms with Gasteiger partial charge in [-0.3, -0.25) is 9.00 Å². The van der Waals surface area contributed by atoms with E-state index in [4.69, 9.17) is 21.4 Å². The van der Waals surface area contributed by atoms with Crippen molar-refractivity contribution in [3.05, 3.63) is 52.5 Å². The Balaban J connectivity index is 2.40. The van der Waals surface area contributed by atoms with E-state index in [2.05, 4.69) is 0 Å². The highest BCUT2D eigenvalue weighted by atomic mass is 35.5. The van der Waals surface area contributed by atoms with Crippen molar-refractivity contribution >= 4 is 28.4 Å². The molecule has 0 spiro atoms. The van der Waals surface area contributed by atoms with E-state index in [1.807, 2.05) is 0 Å². The van der Waals surface area contributed by atoms with Gasteiger partial charge < -0.3 is 9.84 Å². The van der Waals surface area contributed by atoms with Crippen LogP contribution in [0.3, 0.4) is 0 Å². The van der Waals surface area contributed by atoms with Crippen molar-refractivity contribution in [3.8, 4) is 11.5 Å². The lowest BCUT2D eigenvalue weighted by Crippen LogP contribution is -2.07. The Labute approximate surface area is 161 Å². The molecular weight excluding hydrogens is 405 g/mol. The normalized spacial score (nSPS) is 12.6. The summed E-state index contributed by atoms with van der Waals surface area (Å²) in [6.07, 6.45) is -4.84. The molecule has 0 saturated heterocycles. The van der Waals surface area contributed by atoms with Gasteiger partial charge in [0.2, 0.25) is 0 Å². The molecule has 2 rings (SSSR count). The number of ether oxygens (including phenoxy) is 1. The predicted molar refractivity (Wildman–Crippen MR) is 95.9 cm³/mol. The van der Waals surface area contributed by atoms with E-state index in [0.29, 0.717) is 16.2 Å². The standard InChI is InChI=1S/C18H16ClF3O4S/c1-2-27(25)13-6-7-15(14(19)10-13)26-16-9-12(18(20,21)22)5-3-11(16)4-8-17(23)24/h3,5-7,9-10H,2,4,8H2,1H3,(H,23,24). The highest BCUT2D eigenvalue weighted by molar-refractivity contribution is 7.85. The molecular formula is C18H16ClF3O4S. The lowest BCUT2D eigenvalue weighted by Gasteiger charge is -2.15. The number of aryl methyl sites for hydroxylation is 1. The molecule has 0 radical (unpaired) electrons. The number of alkyl halides is 3. The topological polar surface area (TPSA) is 63.6 Å². The molecule has 0 fully saturated rings. The molecule has 4 nitrogen and oxygen atoms in total. The van der Waals surface area contributed by atoms with E-state index in [0.717, 1.165) is 12.1 Å². The van der Waals surface area contributed by atoms with Gasteiger partial charge in [-0.1, -0.05) is 24.6 Å². The van der Waals surface area contributed by atoms with Gasteiger partial charge in [-0.15, -0.1) is 0 Å². The average Bonchev–Trinajstić information content (AvgIpc) is 2.60. The summed E-state index contributed by atoms with van der Waals surface area (Å²) < 4.78 is 56.4. The maximum absolute atomic E-state index is 13.0. The molecule has 1 atom stereocenters. The van der Waals surface area contributed by atoms with Crippen molar-refractivity contribution in [2.45, 2.75) is 30.8 Å². The van der Waals surface area contributed by atoms with Gasteiger partial charge in [0.15, 0.2) is 0 Å². The molecule has 0 aromatic heterocycles. The molecule has 9 heteroatoms. The van der Waals surface area contributed by atoms with Crippen LogP contribution in [0.1, 0.15) is 24.5 Å². The number of carbonyl (C=O) groups is 1. The number of carboxylic acids is 1. The molecule has 2 aromatic carbocycles. The van der Waals surface area contributed by atoms with Crippen LogP contribution < -0.4 is 4.74 Å². The van der Waals surface area contributed by atoms with Gasteiger partial charge in [-0.25, -0.2) is 0 Å². The van der Waals surface area contributed by atoms with Crippen molar-refractivity contribution < 1.29 is 32.0 Å². The highest BCUT2D eigenvalue weighted by Gasteiger charge is 2.31. The number of aliphatic carboxylic acids is 1. The molecule has 0 saturated carbocycles. The summed E-state index contributed by atoms with van der Waals surface area (Å²) in [6, 6.07) is 7.25. The van der Waals surface area contributed by atoms with E-state index in [1.165, 1.54) is 24.3 Å². The molecule has 0 bridgehead atoms. The third-order valence-electron chi connectivity index (χ3n) is 3.65. The highest BCUT2D eigenvalue weighted by Crippen LogP contribution is 2.37. The van der Waals surface area contributed by atoms with Crippen LogP contribution in [0.5, 0.6) is 11.5 Å². The third kappa shape index (κ3) is 5.71. The largest absolute Gasteiger partial charge is 0.481 e. The quantitative estimate of drug-likeness (QED) is 0.660. The molecule has 146 valence electrons. The van der Waals surface area contributed by atoms with Crippen LogP contribution >= 0.6 is 11.6 Å². The smallest absolute Gasteiger partial charge is 0.416 e. The average molecular weight is 421 g/mol. The molecule has 0 heterocycles. The number of halogens is 4. The SMILES string of the molecule is CCS(=O)c1ccc(Oc2cc(C(F)(F)F)ccc2CCC(=O)O)c(Cl)c1. The number of hydrogen-bond donors (Lipinski definition) is 1. The summed E-state index contributed by atoms with van der Waals surface area (Å²) in [6.45, 7) is 1.74. The molecule has 0 aliphatic heterocycles. The maximum Gasteiger partial charge on any atom is 0.416 e. The summed E-state index contributed by atoms with van der Waals surface area (Å²) in [4.78, 5) is 11.3. The molecule has 2 aromatic rings. The minimum atomic E-state index is -4.57. The Morgan fingerprint density at radius 3 is 2.44 bits per heavy atom. The van der Waals surface area contributed by atoms with Crippen LogP contribution in [-0.4, -0.2) is 21.0 Å². The van der Waals surface area contributed by atoms with Crippen molar-refractivity contribution in [2.75, 3.05) is 5.75 Å². The third-order valence-corrected chi connectivity index (χ3v) is 5.25. The second kappa shape index (κ2) is 8.75. The van der Waals surface area contributed by atoms with Gasteiger partial charge in [-0.2, -0.15) is 13.2 Å². The van der Waals surface area contributed by atoms with E-state index in [1.54, 1.807) is 6.92 Å². The van der Waals surface area contributed by atoms with E-state index < -0.39 is 28.5 Å². The number of benzene rings is 2. The zero-order chi connectivity index (χ0) is 20.2. The van der Waals surface area contributed by atoms with Crippen molar-refractivity contribution in [1.29, 1.82) is 0 Å². The van der Waals surface area contributed by atoms with Gasteiger partial charge in [0.25, 0.3) is 0 Å². The van der Waals surface area contributed by atoms with Gasteiger partial charge in [0.05, 0.1) is 21.4 Å². The van der Waals surface area contributed by atoms with Gasteiger partial charge in [-0.05, 0) is 42.3 Å². The minimum absolute atomic E-state index is 0.00163. The summed E-state index contributed by atoms with van der Waals surface area (Å²) in [7, 11) is -1.24. The summed E-state index contributed by atoms with van der Waals surface area (Å²) >= 11 is 6.11. The van der Waals surface area contributed by atoms with E-state index in [-0.39, 0.29) is 29.4 Å². The first-order valence-corrected chi connectivity index (χ1v) is 9.59. The summed E-state index contributed by atoms with van der Waals surface area (Å²) in [5, 5.41) is 8.91. The van der Waals surface area contributed by atoms with Crippen molar-refractivity contribution in [2.24, 2.45) is 0 Å². The molecule has 1 unspecified atom stereocenters. The molecule has 1 N–H and O–H groups in total. The van der Waals surface area contributed by atoms with Crippen LogP contribution in [0.25, 0.3) is 0 Å². The molecule has 27 heavy (non-hydrogen) atoms. The minimum Gasteiger partial charge on any atom is -0.481 e. The fraction of sp³-hybridized carbons (Fsp3) is 0.278. The fourth-order valence-electron chi connectivity index (χ4n) is 2.27. The number of hydrogen-bond acceptors (Lipinski definition) is 3. The van der Waals surface area contributed by atoms with E-state index >= 15 is 0 Å². The molecule has 0 amide bonds. The lowest BCUT2D eigenvalue weighted by molar-refractivity contribution is -0.138. The maximum atomic E-state index is 13.0. The Kier molecular flexibility index (Phi) is 6.89. The van der Waals surface area contributed by atoms with Crippen molar-refractivity contribution in [1.82, 2.24) is 0 Å². The van der Waals surface area contributed by atoms with Gasteiger partial charge in [0, 0.05) is 17.1 Å². The van der Waals surface area contributed by atoms with Gasteiger partial charge >= 0.3 is 12.1 Å². The van der Waals surface area contributed by atoms with Crippen LogP contribution in [0.15, 0.2) is 41.3 Å². The Morgan fingerprint density at radius 1 is 1.19 bits per heavy atom. The van der Waals surface area contributed by atoms with Crippen LogP contribution in [-0.2, 0) is 28.2 Å². The second-order valence-corrected chi connectivity index (χ2v) is 7.69. The molecule has 0 aliphatic rings. The number of carboxylic acid groups (broad SMARTS) is 1. The first kappa shape index (κ1) is 21.2. The fourth-order valence-corrected chi connectivity index (χ4v) is 3.35. The zero-order valence-electron chi connectivity index (χ0n) is 14.2. The predicted octanol–water partition coefficient (Wildman–Crippen LogP) is 5.30. The summed E-state index contributed by atoms with van der Waals surface area (Å²) in [5.74, 6) is -0.726. The summed E-state index contributed by atoms with van der Waals surface area (Å²) in [5.41, 5.74) is -0.612. The molecule has 0 aliphatic carbocycles. The second-order valence-electron chi connectivity index (χ2n) is 5.54. The van der Waals surface area contributed by atoms with Crippen LogP contribution in [0.4, 0.5) is 13.2 Å². The van der Waals surface area contributed by atoms with Crippen LogP contribution in [0.2, 0.25) is 5.02 Å². The number of rotatable bonds is 7. The van der Waals surface area contributed by atoms with E-state index in [9.17, 15) is 22.2 Å². The zero-order valence-corrected chi connectivity index (χ0v) is 15.7. The van der Waals surface area contributed by atoms with Gasteiger partial charge in [0.1, 0.15) is 11.5 Å². The monoisotopic (exact) mass is 420 g/mol. The Morgan fingerprint density at radius 2 is 1.89 bits per heavy atom. The van der Waals surface area contributed by atoms with Crippen molar-refractivity contribution in [3.63, 3.8) is 0 Å². The van der Waals surface area contributed by atoms with Crippen LogP contribution in [0, 0.1) is 0 Å². The lowest BCUT2D eigenvalue weighted by atomic mass is 10.1.